The molecule has 106 valence electrons. The van der Waals surface area contributed by atoms with E-state index in [1.807, 2.05) is 0 Å². The average molecular weight is 324 g/mol. The van der Waals surface area contributed by atoms with Crippen LogP contribution in [-0.2, 0) is 14.8 Å². The first kappa shape index (κ1) is 14.7. The molecule has 0 unspecified atom stereocenters. The second-order valence-corrected chi connectivity index (χ2v) is 7.87. The van der Waals surface area contributed by atoms with Gasteiger partial charge < -0.3 is 5.32 Å². The van der Waals surface area contributed by atoms with E-state index in [9.17, 15) is 13.2 Å². The molecule has 1 aliphatic rings. The van der Waals surface area contributed by atoms with E-state index in [1.54, 1.807) is 6.92 Å². The van der Waals surface area contributed by atoms with Crippen LogP contribution in [0.4, 0.5) is 0 Å². The summed E-state index contributed by atoms with van der Waals surface area (Å²) in [6.45, 7) is 1.65. The second kappa shape index (κ2) is 5.74. The van der Waals surface area contributed by atoms with Gasteiger partial charge in [-0.2, -0.15) is 0 Å². The van der Waals surface area contributed by atoms with Gasteiger partial charge in [-0.3, -0.25) is 4.79 Å². The molecule has 9 heteroatoms. The number of hydrogen-bond acceptors (Lipinski definition) is 5. The van der Waals surface area contributed by atoms with Gasteiger partial charge >= 0.3 is 0 Å². The van der Waals surface area contributed by atoms with E-state index in [1.165, 1.54) is 0 Å². The van der Waals surface area contributed by atoms with Gasteiger partial charge in [-0.25, -0.2) is 18.1 Å². The maximum atomic E-state index is 12.0. The second-order valence-electron chi connectivity index (χ2n) is 4.33. The normalized spacial score (nSPS) is 15.5. The van der Waals surface area contributed by atoms with Crippen LogP contribution in [0.15, 0.2) is 4.21 Å². The molecule has 0 aromatic carbocycles. The topological polar surface area (TPSA) is 88.2 Å². The van der Waals surface area contributed by atoms with Gasteiger partial charge in [0.1, 0.15) is 0 Å². The first-order valence-electron chi connectivity index (χ1n) is 5.80. The van der Waals surface area contributed by atoms with Crippen molar-refractivity contribution in [1.29, 1.82) is 0 Å². The lowest BCUT2D eigenvalue weighted by molar-refractivity contribution is -0.121. The smallest absolute Gasteiger partial charge is 0.251 e. The summed E-state index contributed by atoms with van der Waals surface area (Å²) in [7, 11) is -3.64. The minimum absolute atomic E-state index is 0.0653. The number of sulfonamides is 1. The van der Waals surface area contributed by atoms with Crippen LogP contribution >= 0.6 is 22.9 Å². The minimum Gasteiger partial charge on any atom is -0.353 e. The largest absolute Gasteiger partial charge is 0.353 e. The quantitative estimate of drug-likeness (QED) is 0.819. The Bertz CT molecular complexity index is 581. The summed E-state index contributed by atoms with van der Waals surface area (Å²) in [5.74, 6) is -0.135. The predicted octanol–water partition coefficient (Wildman–Crippen LogP) is 1.05. The lowest BCUT2D eigenvalue weighted by Gasteiger charge is -2.05. The van der Waals surface area contributed by atoms with Crippen molar-refractivity contribution in [2.45, 2.75) is 36.4 Å². The first-order valence-corrected chi connectivity index (χ1v) is 8.48. The van der Waals surface area contributed by atoms with Crippen LogP contribution in [0.3, 0.4) is 0 Å². The van der Waals surface area contributed by atoms with Crippen LogP contribution < -0.4 is 10.0 Å². The van der Waals surface area contributed by atoms with Crippen molar-refractivity contribution >= 4 is 38.9 Å². The van der Waals surface area contributed by atoms with Crippen LogP contribution in [0.2, 0.25) is 4.47 Å². The van der Waals surface area contributed by atoms with E-state index in [0.717, 1.165) is 24.2 Å². The zero-order valence-electron chi connectivity index (χ0n) is 10.3. The maximum absolute atomic E-state index is 12.0. The third-order valence-electron chi connectivity index (χ3n) is 2.56. The monoisotopic (exact) mass is 323 g/mol. The molecule has 1 aromatic heterocycles. The van der Waals surface area contributed by atoms with Crippen molar-refractivity contribution in [3.05, 3.63) is 10.2 Å². The molecule has 1 aliphatic carbocycles. The molecule has 1 amide bonds. The number of nitrogens with zero attached hydrogens (tertiary/aromatic N) is 1. The highest BCUT2D eigenvalue weighted by Gasteiger charge is 2.24. The number of thiazole rings is 1. The Morgan fingerprint density at radius 2 is 2.21 bits per heavy atom. The van der Waals surface area contributed by atoms with Crippen LogP contribution in [0.25, 0.3) is 0 Å². The summed E-state index contributed by atoms with van der Waals surface area (Å²) in [6.07, 6.45) is 2.15. The number of halogens is 1. The zero-order valence-corrected chi connectivity index (χ0v) is 12.7. The molecular formula is C10H14ClN3O3S2. The van der Waals surface area contributed by atoms with Crippen LogP contribution in [0.1, 0.15) is 25.0 Å². The van der Waals surface area contributed by atoms with E-state index in [2.05, 4.69) is 15.0 Å². The fraction of sp³-hybridized carbons (Fsp3) is 0.600. The molecule has 2 rings (SSSR count). The number of nitrogens with one attached hydrogen (secondary N) is 2. The number of carbonyl (C=O) groups excluding carboxylic acids is 1. The Balaban J connectivity index is 1.87. The van der Waals surface area contributed by atoms with Gasteiger partial charge in [-0.15, -0.1) is 0 Å². The molecule has 0 aliphatic heterocycles. The Kier molecular flexibility index (Phi) is 4.44. The van der Waals surface area contributed by atoms with Crippen LogP contribution in [-0.4, -0.2) is 31.9 Å². The van der Waals surface area contributed by atoms with E-state index >= 15 is 0 Å². The molecular weight excluding hydrogens is 310 g/mol. The number of hydrogen-bond donors (Lipinski definition) is 2. The number of carbonyl (C=O) groups is 1. The summed E-state index contributed by atoms with van der Waals surface area (Å²) < 4.78 is 26.6. The van der Waals surface area contributed by atoms with Crippen LogP contribution in [0, 0.1) is 6.92 Å². The van der Waals surface area contributed by atoms with Gasteiger partial charge in [0, 0.05) is 19.0 Å². The molecule has 19 heavy (non-hydrogen) atoms. The lowest BCUT2D eigenvalue weighted by Crippen LogP contribution is -2.31. The molecule has 0 atom stereocenters. The van der Waals surface area contributed by atoms with Crippen molar-refractivity contribution in [2.75, 3.05) is 6.54 Å². The van der Waals surface area contributed by atoms with Crippen molar-refractivity contribution in [3.63, 3.8) is 0 Å². The molecule has 1 heterocycles. The molecule has 0 saturated heterocycles. The highest BCUT2D eigenvalue weighted by molar-refractivity contribution is 7.91. The molecule has 1 saturated carbocycles. The first-order chi connectivity index (χ1) is 8.88. The molecule has 1 aromatic rings. The summed E-state index contributed by atoms with van der Waals surface area (Å²) >= 11 is 6.58. The third kappa shape index (κ3) is 4.13. The fourth-order valence-electron chi connectivity index (χ4n) is 1.49. The Morgan fingerprint density at radius 3 is 2.74 bits per heavy atom. The van der Waals surface area contributed by atoms with Gasteiger partial charge in [0.2, 0.25) is 5.91 Å². The summed E-state index contributed by atoms with van der Waals surface area (Å²) in [5, 5.41) is 2.79. The number of rotatable bonds is 6. The number of amides is 1. The van der Waals surface area contributed by atoms with Gasteiger partial charge in [0.05, 0.1) is 5.69 Å². The predicted molar refractivity (Wildman–Crippen MR) is 72.8 cm³/mol. The minimum atomic E-state index is -3.64. The molecule has 1 fully saturated rings. The zero-order chi connectivity index (χ0) is 14.0. The summed E-state index contributed by atoms with van der Waals surface area (Å²) in [5.41, 5.74) is 0.366. The number of aromatic nitrogens is 1. The average Bonchev–Trinajstić information content (AvgIpc) is 3.02. The third-order valence-corrected chi connectivity index (χ3v) is 5.89. The van der Waals surface area contributed by atoms with Crippen LogP contribution in [0.5, 0.6) is 0 Å². The Labute approximate surface area is 120 Å². The molecule has 0 spiro atoms. The SMILES string of the molecule is Cc1nc(Cl)sc1S(=O)(=O)NCCC(=O)NC1CC1. The Morgan fingerprint density at radius 1 is 1.53 bits per heavy atom. The summed E-state index contributed by atoms with van der Waals surface area (Å²) in [6, 6.07) is 0.284. The molecule has 6 nitrogen and oxygen atoms in total. The molecule has 2 N–H and O–H groups in total. The lowest BCUT2D eigenvalue weighted by atomic mass is 10.4. The molecule has 0 radical (unpaired) electrons. The highest BCUT2D eigenvalue weighted by atomic mass is 35.5. The fourth-order valence-corrected chi connectivity index (χ4v) is 4.31. The summed E-state index contributed by atoms with van der Waals surface area (Å²) in [4.78, 5) is 15.3. The van der Waals surface area contributed by atoms with E-state index in [0.29, 0.717) is 5.69 Å². The van der Waals surface area contributed by atoms with E-state index in [4.69, 9.17) is 11.6 Å². The van der Waals surface area contributed by atoms with Gasteiger partial charge in [-0.1, -0.05) is 22.9 Å². The van der Waals surface area contributed by atoms with Crippen molar-refractivity contribution < 1.29 is 13.2 Å². The standard InChI is InChI=1S/C10H14ClN3O3S2/c1-6-9(18-10(11)13-6)19(16,17)12-5-4-8(15)14-7-2-3-7/h7,12H,2-5H2,1H3,(H,14,15). The van der Waals surface area contributed by atoms with Gasteiger partial charge in [-0.05, 0) is 19.8 Å². The van der Waals surface area contributed by atoms with Crippen molar-refractivity contribution in [3.8, 4) is 0 Å². The van der Waals surface area contributed by atoms with Gasteiger partial charge in [0.25, 0.3) is 10.0 Å². The van der Waals surface area contributed by atoms with Gasteiger partial charge in [0.15, 0.2) is 8.68 Å². The number of aryl methyl sites for hydroxylation is 1. The van der Waals surface area contributed by atoms with Crippen molar-refractivity contribution in [1.82, 2.24) is 15.0 Å². The highest BCUT2D eigenvalue weighted by Crippen LogP contribution is 2.26. The molecule has 0 bridgehead atoms. The Hall–Kier alpha value is -0.700. The van der Waals surface area contributed by atoms with E-state index < -0.39 is 10.0 Å². The maximum Gasteiger partial charge on any atom is 0.251 e. The van der Waals surface area contributed by atoms with Crippen molar-refractivity contribution in [2.24, 2.45) is 0 Å². The van der Waals surface area contributed by atoms with E-state index in [-0.39, 0.29) is 33.6 Å².